The number of benzene rings is 2. The number of anilines is 5. The molecule has 0 radical (unpaired) electrons. The fraction of sp³-hybridized carbons (Fsp3) is 0.296. The largest absolute Gasteiger partial charge is 0.495 e. The molecule has 0 unspecified atom stereocenters. The van der Waals surface area contributed by atoms with Gasteiger partial charge in [-0.25, -0.2) is 4.98 Å². The molecule has 0 atom stereocenters. The van der Waals surface area contributed by atoms with Gasteiger partial charge in [-0.05, 0) is 36.2 Å². The number of nitrogens with one attached hydrogen (secondary N) is 3. The van der Waals surface area contributed by atoms with Crippen LogP contribution in [0.15, 0.2) is 60.8 Å². The number of carbonyl (C=O) groups is 1. The van der Waals surface area contributed by atoms with Crippen LogP contribution in [0.25, 0.3) is 0 Å². The summed E-state index contributed by atoms with van der Waals surface area (Å²) in [4.78, 5) is 23.8. The van der Waals surface area contributed by atoms with Gasteiger partial charge >= 0.3 is 0 Å². The number of para-hydroxylation sites is 1. The van der Waals surface area contributed by atoms with Gasteiger partial charge in [0, 0.05) is 36.6 Å². The molecule has 2 heterocycles. The van der Waals surface area contributed by atoms with Crippen LogP contribution >= 0.6 is 11.6 Å². The van der Waals surface area contributed by atoms with E-state index >= 15 is 0 Å². The first-order chi connectivity index (χ1) is 18.0. The van der Waals surface area contributed by atoms with E-state index in [2.05, 4.69) is 50.4 Å². The zero-order valence-electron chi connectivity index (χ0n) is 21.0. The van der Waals surface area contributed by atoms with Gasteiger partial charge in [-0.1, -0.05) is 43.3 Å². The van der Waals surface area contributed by atoms with E-state index < -0.39 is 0 Å². The predicted molar refractivity (Wildman–Crippen MR) is 147 cm³/mol. The van der Waals surface area contributed by atoms with Crippen molar-refractivity contribution in [2.45, 2.75) is 13.3 Å². The lowest BCUT2D eigenvalue weighted by Crippen LogP contribution is -2.38. The summed E-state index contributed by atoms with van der Waals surface area (Å²) in [5.41, 5.74) is 3.72. The van der Waals surface area contributed by atoms with E-state index in [-0.39, 0.29) is 5.91 Å². The second-order valence-corrected chi connectivity index (χ2v) is 8.92. The number of aryl methyl sites for hydroxylation is 1. The molecule has 2 aromatic carbocycles. The molecule has 9 nitrogen and oxygen atoms in total. The minimum atomic E-state index is -0.244. The molecule has 194 valence electrons. The molecular formula is C27H31ClN6O3. The Morgan fingerprint density at radius 2 is 1.95 bits per heavy atom. The normalized spacial score (nSPS) is 13.6. The van der Waals surface area contributed by atoms with Crippen LogP contribution in [0, 0.1) is 0 Å². The van der Waals surface area contributed by atoms with Crippen molar-refractivity contribution in [1.29, 1.82) is 0 Å². The van der Waals surface area contributed by atoms with Gasteiger partial charge in [0.2, 0.25) is 5.95 Å². The molecule has 1 aromatic heterocycles. The van der Waals surface area contributed by atoms with Crippen molar-refractivity contribution < 1.29 is 14.3 Å². The second kappa shape index (κ2) is 12.5. The van der Waals surface area contributed by atoms with Crippen molar-refractivity contribution in [3.8, 4) is 5.75 Å². The number of hydrogen-bond donors (Lipinski definition) is 3. The predicted octanol–water partition coefficient (Wildman–Crippen LogP) is 5.02. The summed E-state index contributed by atoms with van der Waals surface area (Å²) in [7, 11) is 1.57. The third kappa shape index (κ3) is 6.97. The molecule has 0 bridgehead atoms. The van der Waals surface area contributed by atoms with Crippen LogP contribution in [0.4, 0.5) is 28.8 Å². The van der Waals surface area contributed by atoms with E-state index in [9.17, 15) is 4.79 Å². The van der Waals surface area contributed by atoms with E-state index in [1.54, 1.807) is 25.3 Å². The van der Waals surface area contributed by atoms with Crippen LogP contribution in [0.3, 0.4) is 0 Å². The first-order valence-electron chi connectivity index (χ1n) is 12.1. The Labute approximate surface area is 221 Å². The quantitative estimate of drug-likeness (QED) is 0.319. The number of rotatable bonds is 10. The summed E-state index contributed by atoms with van der Waals surface area (Å²) in [5, 5.41) is 9.77. The van der Waals surface area contributed by atoms with Crippen molar-refractivity contribution in [3.05, 3.63) is 71.4 Å². The maximum Gasteiger partial charge on any atom is 0.252 e. The number of ether oxygens (including phenoxy) is 2. The van der Waals surface area contributed by atoms with Gasteiger partial charge in [-0.2, -0.15) is 4.98 Å². The van der Waals surface area contributed by atoms with Gasteiger partial charge < -0.3 is 25.4 Å². The molecule has 1 saturated heterocycles. The van der Waals surface area contributed by atoms with Gasteiger partial charge in [0.15, 0.2) is 5.82 Å². The molecule has 4 rings (SSSR count). The van der Waals surface area contributed by atoms with E-state index in [1.807, 2.05) is 18.2 Å². The molecule has 0 spiro atoms. The number of halogens is 1. The average Bonchev–Trinajstić information content (AvgIpc) is 2.91. The molecule has 0 aliphatic carbocycles. The third-order valence-corrected chi connectivity index (χ3v) is 6.22. The molecule has 3 N–H and O–H groups in total. The van der Waals surface area contributed by atoms with Gasteiger partial charge in [0.25, 0.3) is 5.91 Å². The van der Waals surface area contributed by atoms with Crippen molar-refractivity contribution >= 4 is 46.3 Å². The molecule has 1 aliphatic rings. The molecular weight excluding hydrogens is 492 g/mol. The highest BCUT2D eigenvalue weighted by molar-refractivity contribution is 6.32. The third-order valence-electron chi connectivity index (χ3n) is 5.94. The number of carbonyl (C=O) groups excluding carboxylic acids is 1. The first kappa shape index (κ1) is 26.4. The number of methoxy groups -OCH3 is 1. The van der Waals surface area contributed by atoms with Gasteiger partial charge in [-0.3, -0.25) is 9.69 Å². The van der Waals surface area contributed by atoms with Crippen LogP contribution in [-0.4, -0.2) is 60.7 Å². The topological polar surface area (TPSA) is 101 Å². The van der Waals surface area contributed by atoms with Crippen molar-refractivity contribution in [2.75, 3.05) is 55.9 Å². The first-order valence-corrected chi connectivity index (χ1v) is 12.5. The van der Waals surface area contributed by atoms with Crippen LogP contribution in [-0.2, 0) is 16.0 Å². The summed E-state index contributed by atoms with van der Waals surface area (Å²) in [5.74, 6) is 1.11. The molecule has 1 aliphatic heterocycles. The van der Waals surface area contributed by atoms with Crippen LogP contribution < -0.4 is 20.7 Å². The highest BCUT2D eigenvalue weighted by Crippen LogP contribution is 2.32. The summed E-state index contributed by atoms with van der Waals surface area (Å²) in [6.07, 6.45) is 2.40. The van der Waals surface area contributed by atoms with E-state index in [0.717, 1.165) is 30.8 Å². The summed E-state index contributed by atoms with van der Waals surface area (Å²) >= 11 is 6.38. The Kier molecular flexibility index (Phi) is 8.95. The standard InChI is InChI=1S/C27H31ClN6O3/c1-4-19-7-5-6-8-22(19)31-25-21(28)16-29-27(33-25)32-23-15-20(9-10-24(23)36-3)30-26(35)18(2)17-34-11-13-37-14-12-34/h5-10,15-16H,2,4,11-14,17H2,1,3H3,(H,30,35)(H2,29,31,32,33). The van der Waals surface area contributed by atoms with Gasteiger partial charge in [0.1, 0.15) is 10.8 Å². The fourth-order valence-electron chi connectivity index (χ4n) is 3.92. The summed E-state index contributed by atoms with van der Waals surface area (Å²) in [6.45, 7) is 9.43. The van der Waals surface area contributed by atoms with Crippen LogP contribution in [0.2, 0.25) is 5.02 Å². The smallest absolute Gasteiger partial charge is 0.252 e. The van der Waals surface area contributed by atoms with Gasteiger partial charge in [0.05, 0.1) is 32.2 Å². The Morgan fingerprint density at radius 3 is 2.70 bits per heavy atom. The zero-order valence-corrected chi connectivity index (χ0v) is 21.8. The number of morpholine rings is 1. The lowest BCUT2D eigenvalue weighted by molar-refractivity contribution is -0.113. The molecule has 1 fully saturated rings. The maximum atomic E-state index is 12.8. The minimum absolute atomic E-state index is 0.244. The second-order valence-electron chi connectivity index (χ2n) is 8.51. The summed E-state index contributed by atoms with van der Waals surface area (Å²) < 4.78 is 10.9. The Balaban J connectivity index is 1.48. The van der Waals surface area contributed by atoms with Gasteiger partial charge in [-0.15, -0.1) is 0 Å². The van der Waals surface area contributed by atoms with Crippen molar-refractivity contribution in [1.82, 2.24) is 14.9 Å². The SMILES string of the molecule is C=C(CN1CCOCC1)C(=O)Nc1ccc(OC)c(Nc2ncc(Cl)c(Nc3ccccc3CC)n2)c1. The molecule has 0 saturated carbocycles. The van der Waals surface area contributed by atoms with E-state index in [0.29, 0.717) is 59.2 Å². The van der Waals surface area contributed by atoms with Crippen molar-refractivity contribution in [3.63, 3.8) is 0 Å². The molecule has 1 amide bonds. The summed E-state index contributed by atoms with van der Waals surface area (Å²) in [6, 6.07) is 13.3. The number of hydrogen-bond acceptors (Lipinski definition) is 8. The Bertz CT molecular complexity index is 1260. The zero-order chi connectivity index (χ0) is 26.2. The highest BCUT2D eigenvalue weighted by Gasteiger charge is 2.16. The van der Waals surface area contributed by atoms with Crippen LogP contribution in [0.5, 0.6) is 5.75 Å². The lowest BCUT2D eigenvalue weighted by Gasteiger charge is -2.26. The fourth-order valence-corrected chi connectivity index (χ4v) is 4.06. The monoisotopic (exact) mass is 522 g/mol. The number of amides is 1. The van der Waals surface area contributed by atoms with Crippen molar-refractivity contribution in [2.24, 2.45) is 0 Å². The molecule has 37 heavy (non-hydrogen) atoms. The molecule has 10 heteroatoms. The Hall–Kier alpha value is -3.66. The van der Waals surface area contributed by atoms with Crippen LogP contribution in [0.1, 0.15) is 12.5 Å². The lowest BCUT2D eigenvalue weighted by atomic mass is 10.1. The number of nitrogens with zero attached hydrogens (tertiary/aromatic N) is 3. The average molecular weight is 523 g/mol. The maximum absolute atomic E-state index is 12.8. The minimum Gasteiger partial charge on any atom is -0.495 e. The Morgan fingerprint density at radius 1 is 1.16 bits per heavy atom. The number of aromatic nitrogens is 2. The highest BCUT2D eigenvalue weighted by atomic mass is 35.5. The molecule has 3 aromatic rings. The van der Waals surface area contributed by atoms with E-state index in [1.165, 1.54) is 6.20 Å². The van der Waals surface area contributed by atoms with E-state index in [4.69, 9.17) is 21.1 Å².